The van der Waals surface area contributed by atoms with Crippen LogP contribution in [-0.2, 0) is 13.0 Å². The summed E-state index contributed by atoms with van der Waals surface area (Å²) in [6.07, 6.45) is 0.835. The van der Waals surface area contributed by atoms with Gasteiger partial charge in [-0.2, -0.15) is 0 Å². The number of rotatable bonds is 6. The molecule has 0 unspecified atom stereocenters. The SMILES string of the molecule is Cc1ccccc1CN(CCc1ccccc1)C(=O)c1ccc2ncsc2c1. The fourth-order valence-corrected chi connectivity index (χ4v) is 4.04. The third-order valence-corrected chi connectivity index (χ3v) is 5.79. The number of aromatic nitrogens is 1. The Morgan fingerprint density at radius 1 is 1.00 bits per heavy atom. The Hall–Kier alpha value is -2.98. The molecular formula is C24H22N2OS. The Balaban J connectivity index is 1.60. The van der Waals surface area contributed by atoms with Crippen LogP contribution in [0.4, 0.5) is 0 Å². The predicted molar refractivity (Wildman–Crippen MR) is 116 cm³/mol. The number of carbonyl (C=O) groups is 1. The van der Waals surface area contributed by atoms with Crippen LogP contribution < -0.4 is 0 Å². The number of thiazole rings is 1. The topological polar surface area (TPSA) is 33.2 Å². The summed E-state index contributed by atoms with van der Waals surface area (Å²) in [5, 5.41) is 0. The van der Waals surface area contributed by atoms with Gasteiger partial charge in [-0.3, -0.25) is 4.79 Å². The zero-order valence-corrected chi connectivity index (χ0v) is 16.7. The van der Waals surface area contributed by atoms with E-state index in [1.54, 1.807) is 11.3 Å². The summed E-state index contributed by atoms with van der Waals surface area (Å²) >= 11 is 1.57. The highest BCUT2D eigenvalue weighted by Crippen LogP contribution is 2.21. The van der Waals surface area contributed by atoms with Crippen molar-refractivity contribution >= 4 is 27.5 Å². The van der Waals surface area contributed by atoms with Gasteiger partial charge in [0.05, 0.1) is 15.7 Å². The molecule has 4 rings (SSSR count). The molecule has 0 N–H and O–H groups in total. The summed E-state index contributed by atoms with van der Waals surface area (Å²) < 4.78 is 1.05. The number of benzene rings is 3. The summed E-state index contributed by atoms with van der Waals surface area (Å²) in [7, 11) is 0. The summed E-state index contributed by atoms with van der Waals surface area (Å²) in [5.74, 6) is 0.0643. The average Bonchev–Trinajstić information content (AvgIpc) is 3.20. The van der Waals surface area contributed by atoms with Crippen LogP contribution in [0, 0.1) is 6.92 Å². The van der Waals surface area contributed by atoms with E-state index in [4.69, 9.17) is 0 Å². The first-order chi connectivity index (χ1) is 13.7. The highest BCUT2D eigenvalue weighted by Gasteiger charge is 2.18. The first-order valence-corrected chi connectivity index (χ1v) is 10.3. The Morgan fingerprint density at radius 3 is 2.61 bits per heavy atom. The zero-order chi connectivity index (χ0) is 19.3. The number of nitrogens with zero attached hydrogens (tertiary/aromatic N) is 2. The zero-order valence-electron chi connectivity index (χ0n) is 15.8. The van der Waals surface area contributed by atoms with Gasteiger partial charge in [-0.25, -0.2) is 4.98 Å². The molecule has 0 fully saturated rings. The summed E-state index contributed by atoms with van der Waals surface area (Å²) in [4.78, 5) is 19.6. The minimum Gasteiger partial charge on any atom is -0.334 e. The lowest BCUT2D eigenvalue weighted by Crippen LogP contribution is -2.32. The quantitative estimate of drug-likeness (QED) is 0.439. The maximum Gasteiger partial charge on any atom is 0.254 e. The van der Waals surface area contributed by atoms with E-state index in [2.05, 4.69) is 36.2 Å². The van der Waals surface area contributed by atoms with Crippen molar-refractivity contribution in [3.05, 3.63) is 101 Å². The standard InChI is InChI=1S/C24H22N2OS/c1-18-7-5-6-10-21(18)16-26(14-13-19-8-3-2-4-9-19)24(27)20-11-12-22-23(15-20)28-17-25-22/h2-12,15,17H,13-14,16H2,1H3. The van der Waals surface area contributed by atoms with Crippen molar-refractivity contribution in [2.75, 3.05) is 6.54 Å². The monoisotopic (exact) mass is 386 g/mol. The minimum atomic E-state index is 0.0643. The third kappa shape index (κ3) is 4.12. The van der Waals surface area contributed by atoms with Crippen LogP contribution in [-0.4, -0.2) is 22.3 Å². The van der Waals surface area contributed by atoms with E-state index >= 15 is 0 Å². The second kappa shape index (κ2) is 8.36. The van der Waals surface area contributed by atoms with E-state index in [0.717, 1.165) is 22.2 Å². The molecule has 1 amide bonds. The van der Waals surface area contributed by atoms with E-state index in [0.29, 0.717) is 13.1 Å². The summed E-state index contributed by atoms with van der Waals surface area (Å²) in [6.45, 7) is 3.38. The van der Waals surface area contributed by atoms with Crippen molar-refractivity contribution in [1.29, 1.82) is 0 Å². The molecule has 1 aromatic heterocycles. The van der Waals surface area contributed by atoms with E-state index in [-0.39, 0.29) is 5.91 Å². The molecule has 0 spiro atoms. The second-order valence-electron chi connectivity index (χ2n) is 6.92. The smallest absolute Gasteiger partial charge is 0.254 e. The van der Waals surface area contributed by atoms with Gasteiger partial charge in [-0.15, -0.1) is 11.3 Å². The molecule has 140 valence electrons. The largest absolute Gasteiger partial charge is 0.334 e. The molecule has 0 saturated heterocycles. The van der Waals surface area contributed by atoms with Crippen molar-refractivity contribution in [2.24, 2.45) is 0 Å². The Labute approximate surface area is 169 Å². The van der Waals surface area contributed by atoms with Crippen LogP contribution in [0.5, 0.6) is 0 Å². The first-order valence-electron chi connectivity index (χ1n) is 9.41. The van der Waals surface area contributed by atoms with E-state index < -0.39 is 0 Å². The van der Waals surface area contributed by atoms with Crippen molar-refractivity contribution < 1.29 is 4.79 Å². The van der Waals surface area contributed by atoms with Crippen LogP contribution in [0.15, 0.2) is 78.3 Å². The van der Waals surface area contributed by atoms with Crippen LogP contribution in [0.1, 0.15) is 27.0 Å². The molecular weight excluding hydrogens is 364 g/mol. The number of hydrogen-bond acceptors (Lipinski definition) is 3. The summed E-state index contributed by atoms with van der Waals surface area (Å²) in [5.41, 5.74) is 7.11. The van der Waals surface area contributed by atoms with Gasteiger partial charge in [0.1, 0.15) is 0 Å². The molecule has 1 heterocycles. The fourth-order valence-electron chi connectivity index (χ4n) is 3.32. The maximum atomic E-state index is 13.4. The van der Waals surface area contributed by atoms with Crippen molar-refractivity contribution in [3.63, 3.8) is 0 Å². The molecule has 28 heavy (non-hydrogen) atoms. The van der Waals surface area contributed by atoms with Gasteiger partial charge in [0.15, 0.2) is 0 Å². The molecule has 3 aromatic carbocycles. The number of aryl methyl sites for hydroxylation is 1. The number of fused-ring (bicyclic) bond motifs is 1. The van der Waals surface area contributed by atoms with E-state index in [9.17, 15) is 4.79 Å². The Morgan fingerprint density at radius 2 is 1.79 bits per heavy atom. The van der Waals surface area contributed by atoms with Crippen LogP contribution in [0.3, 0.4) is 0 Å². The van der Waals surface area contributed by atoms with Crippen molar-refractivity contribution in [1.82, 2.24) is 9.88 Å². The minimum absolute atomic E-state index is 0.0643. The van der Waals surface area contributed by atoms with Gasteiger partial charge in [0, 0.05) is 18.7 Å². The van der Waals surface area contributed by atoms with Crippen molar-refractivity contribution in [2.45, 2.75) is 19.9 Å². The molecule has 0 atom stereocenters. The van der Waals surface area contributed by atoms with Gasteiger partial charge >= 0.3 is 0 Å². The molecule has 0 saturated carbocycles. The number of carbonyl (C=O) groups excluding carboxylic acids is 1. The number of amides is 1. The third-order valence-electron chi connectivity index (χ3n) is 5.00. The Bertz CT molecular complexity index is 1090. The number of hydrogen-bond donors (Lipinski definition) is 0. The predicted octanol–water partition coefficient (Wildman–Crippen LogP) is 5.49. The molecule has 0 radical (unpaired) electrons. The van der Waals surface area contributed by atoms with Gasteiger partial charge in [0.25, 0.3) is 5.91 Å². The lowest BCUT2D eigenvalue weighted by Gasteiger charge is -2.24. The normalized spacial score (nSPS) is 10.9. The first kappa shape index (κ1) is 18.4. The molecule has 3 nitrogen and oxygen atoms in total. The van der Waals surface area contributed by atoms with Crippen LogP contribution >= 0.6 is 11.3 Å². The van der Waals surface area contributed by atoms with Crippen LogP contribution in [0.2, 0.25) is 0 Å². The molecule has 4 aromatic rings. The second-order valence-corrected chi connectivity index (χ2v) is 7.81. The fraction of sp³-hybridized carbons (Fsp3) is 0.167. The van der Waals surface area contributed by atoms with Gasteiger partial charge < -0.3 is 4.90 Å². The Kier molecular flexibility index (Phi) is 5.49. The molecule has 0 aliphatic rings. The highest BCUT2D eigenvalue weighted by molar-refractivity contribution is 7.16. The van der Waals surface area contributed by atoms with E-state index in [1.807, 2.05) is 58.9 Å². The van der Waals surface area contributed by atoms with Crippen LogP contribution in [0.25, 0.3) is 10.2 Å². The molecule has 0 aliphatic carbocycles. The molecule has 4 heteroatoms. The van der Waals surface area contributed by atoms with E-state index in [1.165, 1.54) is 16.7 Å². The average molecular weight is 387 g/mol. The molecule has 0 aliphatic heterocycles. The van der Waals surface area contributed by atoms with Gasteiger partial charge in [-0.1, -0.05) is 54.6 Å². The van der Waals surface area contributed by atoms with Crippen molar-refractivity contribution in [3.8, 4) is 0 Å². The lowest BCUT2D eigenvalue weighted by atomic mass is 10.1. The van der Waals surface area contributed by atoms with Gasteiger partial charge in [0.2, 0.25) is 0 Å². The van der Waals surface area contributed by atoms with Gasteiger partial charge in [-0.05, 0) is 48.2 Å². The maximum absolute atomic E-state index is 13.4. The highest BCUT2D eigenvalue weighted by atomic mass is 32.1. The lowest BCUT2D eigenvalue weighted by molar-refractivity contribution is 0.0745. The summed E-state index contributed by atoms with van der Waals surface area (Å²) in [6, 6.07) is 24.4. The molecule has 0 bridgehead atoms.